The zero-order valence-electron chi connectivity index (χ0n) is 7.49. The van der Waals surface area contributed by atoms with E-state index >= 15 is 0 Å². The summed E-state index contributed by atoms with van der Waals surface area (Å²) in [5, 5.41) is 0. The molecule has 1 aromatic carbocycles. The van der Waals surface area contributed by atoms with Crippen LogP contribution in [0.25, 0.3) is 0 Å². The second-order valence-corrected chi connectivity index (χ2v) is 3.67. The van der Waals surface area contributed by atoms with Gasteiger partial charge in [-0.15, -0.1) is 0 Å². The number of amides is 1. The summed E-state index contributed by atoms with van der Waals surface area (Å²) in [5.74, 6) is 0.483. The molecule has 0 aromatic heterocycles. The molecule has 13 heavy (non-hydrogen) atoms. The predicted molar refractivity (Wildman–Crippen MR) is 51.4 cm³/mol. The molecule has 2 nitrogen and oxygen atoms in total. The number of nitrogens with two attached hydrogens (primary N) is 1. The van der Waals surface area contributed by atoms with E-state index in [4.69, 9.17) is 5.73 Å². The quantitative estimate of drug-likeness (QED) is 0.747. The average molecular weight is 175 g/mol. The molecule has 2 heteroatoms. The first-order chi connectivity index (χ1) is 6.27. The highest BCUT2D eigenvalue weighted by Crippen LogP contribution is 2.33. The van der Waals surface area contributed by atoms with E-state index in [0.717, 1.165) is 17.9 Å². The third-order valence-electron chi connectivity index (χ3n) is 2.49. The van der Waals surface area contributed by atoms with Crippen molar-refractivity contribution in [2.24, 2.45) is 11.7 Å². The van der Waals surface area contributed by atoms with E-state index < -0.39 is 0 Å². The Morgan fingerprint density at radius 1 is 1.38 bits per heavy atom. The lowest BCUT2D eigenvalue weighted by Crippen LogP contribution is -2.13. The van der Waals surface area contributed by atoms with Crippen LogP contribution >= 0.6 is 0 Å². The Labute approximate surface area is 77.8 Å². The van der Waals surface area contributed by atoms with Crippen LogP contribution in [0.3, 0.4) is 0 Å². The fourth-order valence-electron chi connectivity index (χ4n) is 1.57. The SMILES string of the molecule is NC(=O)c1ccccc1CC1CC1. The Bertz CT molecular complexity index is 329. The van der Waals surface area contributed by atoms with Crippen LogP contribution in [0.2, 0.25) is 0 Å². The first kappa shape index (κ1) is 8.30. The molecule has 0 unspecified atom stereocenters. The fraction of sp³-hybridized carbons (Fsp3) is 0.364. The van der Waals surface area contributed by atoms with Crippen LogP contribution in [0.1, 0.15) is 28.8 Å². The van der Waals surface area contributed by atoms with E-state index in [9.17, 15) is 4.79 Å². The second kappa shape index (κ2) is 3.21. The molecule has 1 saturated carbocycles. The van der Waals surface area contributed by atoms with E-state index in [1.165, 1.54) is 12.8 Å². The number of rotatable bonds is 3. The zero-order chi connectivity index (χ0) is 9.26. The van der Waals surface area contributed by atoms with Crippen molar-refractivity contribution < 1.29 is 4.79 Å². The van der Waals surface area contributed by atoms with Crippen molar-refractivity contribution >= 4 is 5.91 Å². The molecule has 2 rings (SSSR count). The molecule has 0 saturated heterocycles. The molecule has 0 heterocycles. The van der Waals surface area contributed by atoms with Crippen molar-refractivity contribution in [2.45, 2.75) is 19.3 Å². The minimum atomic E-state index is -0.309. The van der Waals surface area contributed by atoms with Gasteiger partial charge in [0.05, 0.1) is 0 Å². The second-order valence-electron chi connectivity index (χ2n) is 3.67. The first-order valence-electron chi connectivity index (χ1n) is 4.65. The molecular weight excluding hydrogens is 162 g/mol. The van der Waals surface area contributed by atoms with Gasteiger partial charge < -0.3 is 5.73 Å². The lowest BCUT2D eigenvalue weighted by atomic mass is 10.0. The van der Waals surface area contributed by atoms with Crippen molar-refractivity contribution in [3.8, 4) is 0 Å². The van der Waals surface area contributed by atoms with E-state index in [2.05, 4.69) is 0 Å². The van der Waals surface area contributed by atoms with Gasteiger partial charge in [0, 0.05) is 5.56 Å². The van der Waals surface area contributed by atoms with Gasteiger partial charge in [-0.1, -0.05) is 18.2 Å². The number of carbonyl (C=O) groups is 1. The van der Waals surface area contributed by atoms with Gasteiger partial charge in [0.25, 0.3) is 0 Å². The molecule has 1 aliphatic rings. The number of hydrogen-bond donors (Lipinski definition) is 1. The van der Waals surface area contributed by atoms with E-state index in [1.54, 1.807) is 6.07 Å². The lowest BCUT2D eigenvalue weighted by Gasteiger charge is -2.04. The minimum absolute atomic E-state index is 0.309. The summed E-state index contributed by atoms with van der Waals surface area (Å²) in [5.41, 5.74) is 7.07. The lowest BCUT2D eigenvalue weighted by molar-refractivity contribution is 0.0999. The van der Waals surface area contributed by atoms with Crippen LogP contribution in [0.4, 0.5) is 0 Å². The standard InChI is InChI=1S/C11H13NO/c12-11(13)10-4-2-1-3-9(10)7-8-5-6-8/h1-4,8H,5-7H2,(H2,12,13). The summed E-state index contributed by atoms with van der Waals surface area (Å²) in [4.78, 5) is 11.0. The molecule has 0 bridgehead atoms. The topological polar surface area (TPSA) is 43.1 Å². The third-order valence-corrected chi connectivity index (χ3v) is 2.49. The van der Waals surface area contributed by atoms with Gasteiger partial charge in [0.2, 0.25) is 5.91 Å². The Morgan fingerprint density at radius 3 is 2.69 bits per heavy atom. The maximum Gasteiger partial charge on any atom is 0.248 e. The van der Waals surface area contributed by atoms with Crippen molar-refractivity contribution in [1.82, 2.24) is 0 Å². The number of benzene rings is 1. The van der Waals surface area contributed by atoms with Crippen LogP contribution in [-0.2, 0) is 6.42 Å². The van der Waals surface area contributed by atoms with Gasteiger partial charge in [-0.25, -0.2) is 0 Å². The smallest absolute Gasteiger partial charge is 0.248 e. The molecule has 68 valence electrons. The predicted octanol–water partition coefficient (Wildman–Crippen LogP) is 1.74. The summed E-state index contributed by atoms with van der Waals surface area (Å²) in [6, 6.07) is 7.62. The molecular formula is C11H13NO. The first-order valence-corrected chi connectivity index (χ1v) is 4.65. The van der Waals surface area contributed by atoms with Crippen molar-refractivity contribution in [3.63, 3.8) is 0 Å². The Hall–Kier alpha value is -1.31. The summed E-state index contributed by atoms with van der Waals surface area (Å²) < 4.78 is 0. The highest BCUT2D eigenvalue weighted by molar-refractivity contribution is 5.94. The molecule has 1 aliphatic carbocycles. The maximum atomic E-state index is 11.0. The van der Waals surface area contributed by atoms with Crippen molar-refractivity contribution in [3.05, 3.63) is 35.4 Å². The minimum Gasteiger partial charge on any atom is -0.366 e. The van der Waals surface area contributed by atoms with Crippen LogP contribution in [0, 0.1) is 5.92 Å². The molecule has 0 aliphatic heterocycles. The van der Waals surface area contributed by atoms with Crippen LogP contribution < -0.4 is 5.73 Å². The van der Waals surface area contributed by atoms with Crippen molar-refractivity contribution in [2.75, 3.05) is 0 Å². The maximum absolute atomic E-state index is 11.0. The summed E-state index contributed by atoms with van der Waals surface area (Å²) in [6.45, 7) is 0. The summed E-state index contributed by atoms with van der Waals surface area (Å²) in [7, 11) is 0. The highest BCUT2D eigenvalue weighted by atomic mass is 16.1. The van der Waals surface area contributed by atoms with Gasteiger partial charge in [0.15, 0.2) is 0 Å². The van der Waals surface area contributed by atoms with Gasteiger partial charge in [-0.3, -0.25) is 4.79 Å². The number of carbonyl (C=O) groups excluding carboxylic acids is 1. The van der Waals surface area contributed by atoms with E-state index in [0.29, 0.717) is 5.56 Å². The van der Waals surface area contributed by atoms with Gasteiger partial charge in [-0.05, 0) is 36.8 Å². The summed E-state index contributed by atoms with van der Waals surface area (Å²) >= 11 is 0. The molecule has 1 aromatic rings. The zero-order valence-corrected chi connectivity index (χ0v) is 7.49. The van der Waals surface area contributed by atoms with Crippen LogP contribution in [0.15, 0.2) is 24.3 Å². The van der Waals surface area contributed by atoms with Gasteiger partial charge in [-0.2, -0.15) is 0 Å². The molecule has 2 N–H and O–H groups in total. The van der Waals surface area contributed by atoms with Gasteiger partial charge >= 0.3 is 0 Å². The number of primary amides is 1. The van der Waals surface area contributed by atoms with E-state index in [1.807, 2.05) is 18.2 Å². The molecule has 1 amide bonds. The molecule has 1 fully saturated rings. The fourth-order valence-corrected chi connectivity index (χ4v) is 1.57. The monoisotopic (exact) mass is 175 g/mol. The molecule has 0 atom stereocenters. The van der Waals surface area contributed by atoms with E-state index in [-0.39, 0.29) is 5.91 Å². The normalized spacial score (nSPS) is 15.7. The average Bonchev–Trinajstić information content (AvgIpc) is 2.89. The highest BCUT2D eigenvalue weighted by Gasteiger charge is 2.23. The Balaban J connectivity index is 2.25. The molecule has 0 radical (unpaired) electrons. The number of hydrogen-bond acceptors (Lipinski definition) is 1. The molecule has 0 spiro atoms. The Kier molecular flexibility index (Phi) is 2.05. The Morgan fingerprint density at radius 2 is 2.08 bits per heavy atom. The largest absolute Gasteiger partial charge is 0.366 e. The van der Waals surface area contributed by atoms with Crippen LogP contribution in [0.5, 0.6) is 0 Å². The van der Waals surface area contributed by atoms with Gasteiger partial charge in [0.1, 0.15) is 0 Å². The van der Waals surface area contributed by atoms with Crippen molar-refractivity contribution in [1.29, 1.82) is 0 Å². The third kappa shape index (κ3) is 1.89. The summed E-state index contributed by atoms with van der Waals surface area (Å²) in [6.07, 6.45) is 3.61. The van der Waals surface area contributed by atoms with Crippen LogP contribution in [-0.4, -0.2) is 5.91 Å².